The number of rotatable bonds is 4. The molecule has 1 aromatic rings. The van der Waals surface area contributed by atoms with Gasteiger partial charge < -0.3 is 15.0 Å². The van der Waals surface area contributed by atoms with E-state index in [1.54, 1.807) is 16.6 Å². The number of nitrogens with one attached hydrogen (secondary N) is 1. The zero-order valence-corrected chi connectivity index (χ0v) is 12.8. The molecule has 112 valence electrons. The molecular formula is C11H20N6O2S. The van der Waals surface area contributed by atoms with Crippen LogP contribution in [-0.2, 0) is 11.8 Å². The molecule has 0 bridgehead atoms. The van der Waals surface area contributed by atoms with Crippen LogP contribution in [0.5, 0.6) is 0 Å². The monoisotopic (exact) mass is 300 g/mol. The fraction of sp³-hybridized carbons (Fsp3) is 0.818. The van der Waals surface area contributed by atoms with Crippen molar-refractivity contribution in [3.05, 3.63) is 0 Å². The maximum absolute atomic E-state index is 12.0. The van der Waals surface area contributed by atoms with Crippen LogP contribution in [0.1, 0.15) is 13.8 Å². The Morgan fingerprint density at radius 1 is 1.45 bits per heavy atom. The van der Waals surface area contributed by atoms with E-state index in [0.717, 1.165) is 10.9 Å². The number of carbonyl (C=O) groups is 1. The lowest BCUT2D eigenvalue weighted by atomic mass is 10.2. The largest absolute Gasteiger partial charge is 0.372 e. The highest BCUT2D eigenvalue weighted by atomic mass is 32.2. The molecule has 0 aliphatic carbocycles. The molecule has 1 aromatic heterocycles. The molecule has 2 atom stereocenters. The number of carbonyl (C=O) groups excluding carboxylic acids is 1. The molecule has 9 heteroatoms. The van der Waals surface area contributed by atoms with Crippen molar-refractivity contribution >= 4 is 17.8 Å². The van der Waals surface area contributed by atoms with Crippen molar-refractivity contribution in [2.45, 2.75) is 31.2 Å². The summed E-state index contributed by atoms with van der Waals surface area (Å²) in [6.07, 6.45) is 0.173. The van der Waals surface area contributed by atoms with Crippen molar-refractivity contribution in [1.82, 2.24) is 30.4 Å². The number of thioether (sulfide) groups is 1. The second kappa shape index (κ2) is 6.89. The van der Waals surface area contributed by atoms with Gasteiger partial charge >= 0.3 is 6.03 Å². The van der Waals surface area contributed by atoms with E-state index in [9.17, 15) is 4.79 Å². The second-order valence-electron chi connectivity index (χ2n) is 4.83. The lowest BCUT2D eigenvalue weighted by Gasteiger charge is -2.35. The summed E-state index contributed by atoms with van der Waals surface area (Å²) in [5.41, 5.74) is 0. The summed E-state index contributed by atoms with van der Waals surface area (Å²) in [5.74, 6) is 0.732. The number of urea groups is 1. The van der Waals surface area contributed by atoms with Crippen molar-refractivity contribution < 1.29 is 9.53 Å². The quantitative estimate of drug-likeness (QED) is 0.628. The number of aryl methyl sites for hydroxylation is 1. The van der Waals surface area contributed by atoms with Crippen LogP contribution in [0.4, 0.5) is 4.79 Å². The van der Waals surface area contributed by atoms with E-state index in [4.69, 9.17) is 4.74 Å². The van der Waals surface area contributed by atoms with E-state index in [-0.39, 0.29) is 18.2 Å². The fourth-order valence-corrected chi connectivity index (χ4v) is 2.80. The van der Waals surface area contributed by atoms with Crippen molar-refractivity contribution in [2.75, 3.05) is 25.4 Å². The first-order valence-electron chi connectivity index (χ1n) is 6.59. The molecule has 8 nitrogen and oxygen atoms in total. The Morgan fingerprint density at radius 3 is 2.75 bits per heavy atom. The first-order valence-corrected chi connectivity index (χ1v) is 7.58. The number of nitrogens with zero attached hydrogens (tertiary/aromatic N) is 5. The summed E-state index contributed by atoms with van der Waals surface area (Å²) < 4.78 is 7.21. The van der Waals surface area contributed by atoms with Crippen LogP contribution in [0.25, 0.3) is 0 Å². The van der Waals surface area contributed by atoms with Crippen molar-refractivity contribution in [3.63, 3.8) is 0 Å². The van der Waals surface area contributed by atoms with Gasteiger partial charge in [-0.2, -0.15) is 0 Å². The van der Waals surface area contributed by atoms with E-state index < -0.39 is 0 Å². The highest BCUT2D eigenvalue weighted by Crippen LogP contribution is 2.12. The zero-order chi connectivity index (χ0) is 14.5. The molecule has 20 heavy (non-hydrogen) atoms. The van der Waals surface area contributed by atoms with E-state index in [2.05, 4.69) is 20.8 Å². The van der Waals surface area contributed by atoms with Crippen LogP contribution < -0.4 is 5.32 Å². The topological polar surface area (TPSA) is 85.2 Å². The molecule has 1 saturated heterocycles. The number of amides is 2. The third kappa shape index (κ3) is 4.07. The van der Waals surface area contributed by atoms with Crippen LogP contribution in [0.2, 0.25) is 0 Å². The molecule has 1 fully saturated rings. The molecule has 1 aliphatic rings. The Kier molecular flexibility index (Phi) is 5.18. The summed E-state index contributed by atoms with van der Waals surface area (Å²) in [7, 11) is 1.79. The molecule has 1 N–H and O–H groups in total. The minimum atomic E-state index is -0.0382. The van der Waals surface area contributed by atoms with Gasteiger partial charge in [-0.1, -0.05) is 11.8 Å². The van der Waals surface area contributed by atoms with Crippen molar-refractivity contribution in [3.8, 4) is 0 Å². The summed E-state index contributed by atoms with van der Waals surface area (Å²) in [6, 6.07) is -0.0382. The molecule has 0 aromatic carbocycles. The van der Waals surface area contributed by atoms with Gasteiger partial charge in [0, 0.05) is 32.4 Å². The van der Waals surface area contributed by atoms with Gasteiger partial charge in [0.25, 0.3) is 0 Å². The summed E-state index contributed by atoms with van der Waals surface area (Å²) in [6.45, 7) is 5.81. The molecule has 0 spiro atoms. The van der Waals surface area contributed by atoms with Crippen molar-refractivity contribution in [1.29, 1.82) is 0 Å². The van der Waals surface area contributed by atoms with Gasteiger partial charge in [0.05, 0.1) is 12.2 Å². The average Bonchev–Trinajstić information content (AvgIpc) is 2.79. The summed E-state index contributed by atoms with van der Waals surface area (Å²) in [5, 5.41) is 14.8. The highest BCUT2D eigenvalue weighted by Gasteiger charge is 2.25. The molecule has 0 radical (unpaired) electrons. The Morgan fingerprint density at radius 2 is 2.15 bits per heavy atom. The number of ether oxygens (including phenoxy) is 1. The first kappa shape index (κ1) is 15.0. The van der Waals surface area contributed by atoms with E-state index in [1.165, 1.54) is 11.8 Å². The number of morpholine rings is 1. The average molecular weight is 300 g/mol. The SMILES string of the molecule is C[C@@H]1CN(C(=O)NCCSc2nnnn2C)C[C@H](C)O1. The Hall–Kier alpha value is -1.35. The van der Waals surface area contributed by atoms with Crippen LogP contribution in [-0.4, -0.2) is 68.7 Å². The van der Waals surface area contributed by atoms with Gasteiger partial charge in [0.1, 0.15) is 0 Å². The standard InChI is InChI=1S/C11H20N6O2S/c1-8-6-17(7-9(2)19-8)10(18)12-4-5-20-11-13-14-15-16(11)3/h8-9H,4-7H2,1-3H3,(H,12,18)/t8-,9+. The summed E-state index contributed by atoms with van der Waals surface area (Å²) >= 11 is 1.51. The maximum Gasteiger partial charge on any atom is 0.317 e. The Labute approximate surface area is 122 Å². The van der Waals surface area contributed by atoms with Crippen LogP contribution in [0.3, 0.4) is 0 Å². The highest BCUT2D eigenvalue weighted by molar-refractivity contribution is 7.99. The van der Waals surface area contributed by atoms with Gasteiger partial charge in [0.2, 0.25) is 5.16 Å². The van der Waals surface area contributed by atoms with Crippen molar-refractivity contribution in [2.24, 2.45) is 7.05 Å². The third-order valence-electron chi connectivity index (χ3n) is 2.90. The van der Waals surface area contributed by atoms with Gasteiger partial charge in [-0.05, 0) is 24.3 Å². The number of aromatic nitrogens is 4. The molecule has 2 amide bonds. The minimum absolute atomic E-state index is 0.0382. The van der Waals surface area contributed by atoms with E-state index in [0.29, 0.717) is 19.6 Å². The molecule has 0 saturated carbocycles. The van der Waals surface area contributed by atoms with Crippen LogP contribution in [0, 0.1) is 0 Å². The van der Waals surface area contributed by atoms with Gasteiger partial charge in [0.15, 0.2) is 0 Å². The van der Waals surface area contributed by atoms with E-state index in [1.807, 2.05) is 13.8 Å². The third-order valence-corrected chi connectivity index (χ3v) is 3.91. The van der Waals surface area contributed by atoms with Gasteiger partial charge in [-0.3, -0.25) is 0 Å². The fourth-order valence-electron chi connectivity index (χ4n) is 2.10. The summed E-state index contributed by atoms with van der Waals surface area (Å²) in [4.78, 5) is 13.8. The lowest BCUT2D eigenvalue weighted by molar-refractivity contribution is -0.0544. The van der Waals surface area contributed by atoms with Gasteiger partial charge in [-0.15, -0.1) is 5.10 Å². The Bertz CT molecular complexity index is 444. The lowest BCUT2D eigenvalue weighted by Crippen LogP contribution is -2.51. The normalized spacial score (nSPS) is 22.9. The smallest absolute Gasteiger partial charge is 0.317 e. The Balaban J connectivity index is 1.68. The van der Waals surface area contributed by atoms with E-state index >= 15 is 0 Å². The molecule has 2 heterocycles. The molecular weight excluding hydrogens is 280 g/mol. The van der Waals surface area contributed by atoms with Crippen LogP contribution >= 0.6 is 11.8 Å². The maximum atomic E-state index is 12.0. The van der Waals surface area contributed by atoms with Gasteiger partial charge in [-0.25, -0.2) is 9.48 Å². The first-order chi connectivity index (χ1) is 9.56. The zero-order valence-electron chi connectivity index (χ0n) is 11.9. The molecule has 0 unspecified atom stereocenters. The number of hydrogen-bond acceptors (Lipinski definition) is 6. The molecule has 2 rings (SSSR count). The van der Waals surface area contributed by atoms with Crippen LogP contribution in [0.15, 0.2) is 5.16 Å². The predicted octanol–water partition coefficient (Wildman–Crippen LogP) is 0.121. The number of hydrogen-bond donors (Lipinski definition) is 1. The minimum Gasteiger partial charge on any atom is -0.372 e. The number of tetrazole rings is 1. The predicted molar refractivity (Wildman–Crippen MR) is 74.5 cm³/mol. The molecule has 1 aliphatic heterocycles. The second-order valence-corrected chi connectivity index (χ2v) is 5.89.